The monoisotopic (exact) mass is 462 g/mol. The van der Waals surface area contributed by atoms with Gasteiger partial charge in [0.25, 0.3) is 0 Å². The maximum atomic E-state index is 11.9. The number of fused-ring (bicyclic) bond motifs is 5. The van der Waals surface area contributed by atoms with Crippen LogP contribution in [0.5, 0.6) is 5.75 Å². The van der Waals surface area contributed by atoms with E-state index in [2.05, 4.69) is 37.3 Å². The van der Waals surface area contributed by atoms with Gasteiger partial charge in [0.2, 0.25) is 0 Å². The van der Waals surface area contributed by atoms with Crippen LogP contribution in [0.4, 0.5) is 0 Å². The van der Waals surface area contributed by atoms with Gasteiger partial charge in [0, 0.05) is 18.9 Å². The summed E-state index contributed by atoms with van der Waals surface area (Å²) < 4.78 is 12.0. The van der Waals surface area contributed by atoms with Crippen LogP contribution >= 0.6 is 0 Å². The van der Waals surface area contributed by atoms with E-state index in [1.54, 1.807) is 6.92 Å². The molecule has 34 heavy (non-hydrogen) atoms. The van der Waals surface area contributed by atoms with Crippen LogP contribution in [0.25, 0.3) is 0 Å². The Morgan fingerprint density at radius 3 is 2.74 bits per heavy atom. The lowest BCUT2D eigenvalue weighted by atomic mass is 9.53. The zero-order valence-electron chi connectivity index (χ0n) is 20.5. The van der Waals surface area contributed by atoms with Crippen molar-refractivity contribution < 1.29 is 19.4 Å². The topological polar surface area (TPSA) is 55.8 Å². The average molecular weight is 463 g/mol. The molecule has 3 aliphatic rings. The van der Waals surface area contributed by atoms with Crippen molar-refractivity contribution in [2.45, 2.75) is 77.4 Å². The maximum Gasteiger partial charge on any atom is 0.302 e. The van der Waals surface area contributed by atoms with Crippen LogP contribution in [0, 0.1) is 23.2 Å². The second kappa shape index (κ2) is 9.73. The highest BCUT2D eigenvalue weighted by Gasteiger charge is 2.59. The van der Waals surface area contributed by atoms with Crippen molar-refractivity contribution in [3.63, 3.8) is 0 Å². The van der Waals surface area contributed by atoms with E-state index in [-0.39, 0.29) is 24.1 Å². The molecule has 0 bridgehead atoms. The summed E-state index contributed by atoms with van der Waals surface area (Å²) in [7, 11) is 0. The van der Waals surface area contributed by atoms with E-state index in [0.29, 0.717) is 30.3 Å². The van der Waals surface area contributed by atoms with Crippen molar-refractivity contribution in [2.24, 2.45) is 23.2 Å². The van der Waals surface area contributed by atoms with E-state index in [4.69, 9.17) is 9.47 Å². The average Bonchev–Trinajstić information content (AvgIpc) is 3.12. The molecule has 3 aliphatic carbocycles. The number of esters is 1. The van der Waals surface area contributed by atoms with Gasteiger partial charge in [-0.2, -0.15) is 0 Å². The number of carbonyl (C=O) groups excluding carboxylic acids is 1. The fraction of sp³-hybridized carbons (Fsp3) is 0.567. The van der Waals surface area contributed by atoms with Crippen molar-refractivity contribution >= 4 is 5.97 Å². The number of carbonyl (C=O) groups is 1. The summed E-state index contributed by atoms with van der Waals surface area (Å²) in [6.45, 7) is 4.74. The molecule has 4 nitrogen and oxygen atoms in total. The van der Waals surface area contributed by atoms with Crippen LogP contribution in [0.15, 0.2) is 48.5 Å². The van der Waals surface area contributed by atoms with E-state index in [1.165, 1.54) is 23.1 Å². The van der Waals surface area contributed by atoms with Crippen LogP contribution in [0.2, 0.25) is 0 Å². The smallest absolute Gasteiger partial charge is 0.302 e. The minimum absolute atomic E-state index is 0.00908. The Morgan fingerprint density at radius 2 is 1.97 bits per heavy atom. The summed E-state index contributed by atoms with van der Waals surface area (Å²) in [6, 6.07) is 17.0. The van der Waals surface area contributed by atoms with Gasteiger partial charge in [-0.05, 0) is 97.4 Å². The first-order chi connectivity index (χ1) is 16.5. The lowest BCUT2D eigenvalue weighted by molar-refractivity contribution is -0.154. The number of aliphatic hydroxyl groups is 1. The third kappa shape index (κ3) is 4.37. The first-order valence-electron chi connectivity index (χ1n) is 13.1. The molecule has 3 unspecified atom stereocenters. The highest BCUT2D eigenvalue weighted by atomic mass is 16.5. The van der Waals surface area contributed by atoms with E-state index in [9.17, 15) is 9.90 Å². The lowest BCUT2D eigenvalue weighted by Crippen LogP contribution is -2.46. The summed E-state index contributed by atoms with van der Waals surface area (Å²) in [4.78, 5) is 11.9. The molecule has 0 aliphatic heterocycles. The van der Waals surface area contributed by atoms with Crippen LogP contribution in [-0.2, 0) is 22.6 Å². The second-order valence-electron chi connectivity index (χ2n) is 11.0. The van der Waals surface area contributed by atoms with Crippen LogP contribution in [0.3, 0.4) is 0 Å². The molecule has 2 fully saturated rings. The molecule has 2 aromatic rings. The van der Waals surface area contributed by atoms with Crippen LogP contribution < -0.4 is 4.74 Å². The van der Waals surface area contributed by atoms with Gasteiger partial charge in [-0.25, -0.2) is 0 Å². The van der Waals surface area contributed by atoms with Crippen molar-refractivity contribution in [1.29, 1.82) is 0 Å². The molecule has 2 aromatic carbocycles. The van der Waals surface area contributed by atoms with Crippen molar-refractivity contribution in [3.8, 4) is 5.75 Å². The van der Waals surface area contributed by atoms with E-state index in [0.717, 1.165) is 44.3 Å². The first-order valence-corrected chi connectivity index (χ1v) is 13.1. The van der Waals surface area contributed by atoms with Gasteiger partial charge in [0.1, 0.15) is 18.5 Å². The Hall–Kier alpha value is -2.33. The SMILES string of the molecule is CC(=O)O[C@H]1C[C@H](CCCO)C2C3CCc4cc(OCc5ccccc5)ccc4C3CC[C@@]21C. The third-order valence-corrected chi connectivity index (χ3v) is 9.04. The molecule has 1 N–H and O–H groups in total. The first kappa shape index (κ1) is 23.4. The van der Waals surface area contributed by atoms with Gasteiger partial charge >= 0.3 is 5.97 Å². The summed E-state index contributed by atoms with van der Waals surface area (Å²) in [5, 5.41) is 9.51. The Bertz CT molecular complexity index is 1000. The van der Waals surface area contributed by atoms with Crippen molar-refractivity contribution in [3.05, 3.63) is 65.2 Å². The zero-order valence-corrected chi connectivity index (χ0v) is 20.5. The number of ether oxygens (including phenoxy) is 2. The predicted octanol–water partition coefficient (Wildman–Crippen LogP) is 6.05. The van der Waals surface area contributed by atoms with Crippen LogP contribution in [-0.4, -0.2) is 23.8 Å². The Morgan fingerprint density at radius 1 is 1.15 bits per heavy atom. The van der Waals surface area contributed by atoms with Crippen molar-refractivity contribution in [2.75, 3.05) is 6.61 Å². The van der Waals surface area contributed by atoms with Gasteiger partial charge in [0.05, 0.1) is 0 Å². The number of aliphatic hydroxyl groups excluding tert-OH is 1. The standard InChI is InChI=1S/C30H38O4/c1-20(32)34-28-18-23(9-6-16-31)29-27-12-10-22-17-24(33-19-21-7-4-3-5-8-21)11-13-25(22)26(27)14-15-30(28,29)2/h3-5,7-8,11,13,17,23,26-29,31H,6,9-10,12,14-16,18-19H2,1-2H3/t23-,26?,27?,28-,29?,30+/m0/s1. The fourth-order valence-corrected chi connectivity index (χ4v) is 7.66. The van der Waals surface area contributed by atoms with Gasteiger partial charge in [-0.15, -0.1) is 0 Å². The number of benzene rings is 2. The summed E-state index contributed by atoms with van der Waals surface area (Å²) in [5.41, 5.74) is 4.17. The molecular formula is C30H38O4. The minimum Gasteiger partial charge on any atom is -0.489 e. The van der Waals surface area contributed by atoms with E-state index >= 15 is 0 Å². The Balaban J connectivity index is 1.36. The second-order valence-corrected chi connectivity index (χ2v) is 11.0. The molecule has 4 heteroatoms. The van der Waals surface area contributed by atoms with Gasteiger partial charge < -0.3 is 14.6 Å². The molecule has 6 atom stereocenters. The lowest BCUT2D eigenvalue weighted by Gasteiger charge is -2.51. The molecule has 0 radical (unpaired) electrons. The van der Waals surface area contributed by atoms with Crippen molar-refractivity contribution in [1.82, 2.24) is 0 Å². The summed E-state index contributed by atoms with van der Waals surface area (Å²) >= 11 is 0. The minimum atomic E-state index is -0.160. The molecule has 0 amide bonds. The molecule has 5 rings (SSSR count). The molecule has 0 spiro atoms. The molecule has 0 aromatic heterocycles. The van der Waals surface area contributed by atoms with Gasteiger partial charge in [0.15, 0.2) is 0 Å². The number of aryl methyl sites for hydroxylation is 1. The maximum absolute atomic E-state index is 11.9. The van der Waals surface area contributed by atoms with Gasteiger partial charge in [-0.3, -0.25) is 4.79 Å². The van der Waals surface area contributed by atoms with Gasteiger partial charge in [-0.1, -0.05) is 43.3 Å². The van der Waals surface area contributed by atoms with Crippen LogP contribution in [0.1, 0.15) is 75.0 Å². The summed E-state index contributed by atoms with van der Waals surface area (Å²) in [6.07, 6.45) is 7.33. The van der Waals surface area contributed by atoms with E-state index in [1.807, 2.05) is 18.2 Å². The third-order valence-electron chi connectivity index (χ3n) is 9.04. The quantitative estimate of drug-likeness (QED) is 0.509. The highest BCUT2D eigenvalue weighted by molar-refractivity contribution is 5.66. The highest BCUT2D eigenvalue weighted by Crippen LogP contribution is 2.64. The predicted molar refractivity (Wildman–Crippen MR) is 133 cm³/mol. The normalized spacial score (nSPS) is 31.8. The molecule has 0 heterocycles. The number of hydrogen-bond donors (Lipinski definition) is 1. The molecule has 2 saturated carbocycles. The molecule has 182 valence electrons. The Labute approximate surface area is 203 Å². The van der Waals surface area contributed by atoms with E-state index < -0.39 is 0 Å². The fourth-order valence-electron chi connectivity index (χ4n) is 7.66. The summed E-state index contributed by atoms with van der Waals surface area (Å²) in [5.74, 6) is 3.04. The number of hydrogen-bond acceptors (Lipinski definition) is 4. The largest absolute Gasteiger partial charge is 0.489 e. The zero-order chi connectivity index (χ0) is 23.7. The number of rotatable bonds is 7. The molecule has 0 saturated heterocycles. The Kier molecular flexibility index (Phi) is 6.70. The molecular weight excluding hydrogens is 424 g/mol.